The standard InChI is InChI=1S/C17H17BrO/c18-17-10-13(3-6-16(17)11-19)9-12-1-4-14(5-2-12)15-7-8-15/h1-6,10,15,19H,7-9,11H2. The van der Waals surface area contributed by atoms with Gasteiger partial charge in [0.05, 0.1) is 6.61 Å². The molecule has 1 N–H and O–H groups in total. The topological polar surface area (TPSA) is 20.2 Å². The van der Waals surface area contributed by atoms with Crippen molar-refractivity contribution in [3.05, 3.63) is 69.2 Å². The van der Waals surface area contributed by atoms with Gasteiger partial charge < -0.3 is 5.11 Å². The molecule has 3 rings (SSSR count). The number of benzene rings is 2. The molecule has 0 atom stereocenters. The lowest BCUT2D eigenvalue weighted by Crippen LogP contribution is -1.92. The Morgan fingerprint density at radius 1 is 1.00 bits per heavy atom. The highest BCUT2D eigenvalue weighted by Crippen LogP contribution is 2.39. The van der Waals surface area contributed by atoms with Gasteiger partial charge in [-0.3, -0.25) is 0 Å². The van der Waals surface area contributed by atoms with Crippen molar-refractivity contribution in [1.29, 1.82) is 0 Å². The van der Waals surface area contributed by atoms with Gasteiger partial charge in [0.25, 0.3) is 0 Å². The van der Waals surface area contributed by atoms with Crippen LogP contribution in [-0.2, 0) is 13.0 Å². The number of aliphatic hydroxyl groups excluding tert-OH is 1. The average Bonchev–Trinajstić information content (AvgIpc) is 3.24. The van der Waals surface area contributed by atoms with Gasteiger partial charge in [-0.05, 0) is 53.5 Å². The molecule has 0 bridgehead atoms. The summed E-state index contributed by atoms with van der Waals surface area (Å²) in [5.74, 6) is 0.826. The molecule has 1 saturated carbocycles. The first kappa shape index (κ1) is 12.9. The minimum atomic E-state index is 0.0803. The zero-order chi connectivity index (χ0) is 13.2. The van der Waals surface area contributed by atoms with E-state index in [0.717, 1.165) is 22.4 Å². The van der Waals surface area contributed by atoms with Gasteiger partial charge in [-0.15, -0.1) is 0 Å². The van der Waals surface area contributed by atoms with E-state index >= 15 is 0 Å². The Balaban J connectivity index is 1.74. The van der Waals surface area contributed by atoms with Gasteiger partial charge >= 0.3 is 0 Å². The van der Waals surface area contributed by atoms with Gasteiger partial charge in [0, 0.05) is 4.47 Å². The molecule has 2 aromatic rings. The van der Waals surface area contributed by atoms with Crippen LogP contribution in [0.2, 0.25) is 0 Å². The highest BCUT2D eigenvalue weighted by atomic mass is 79.9. The van der Waals surface area contributed by atoms with Gasteiger partial charge in [0.1, 0.15) is 0 Å². The molecule has 0 aliphatic heterocycles. The van der Waals surface area contributed by atoms with Crippen LogP contribution < -0.4 is 0 Å². The Labute approximate surface area is 122 Å². The predicted molar refractivity (Wildman–Crippen MR) is 81.3 cm³/mol. The summed E-state index contributed by atoms with van der Waals surface area (Å²) < 4.78 is 0.988. The molecule has 1 nitrogen and oxygen atoms in total. The summed E-state index contributed by atoms with van der Waals surface area (Å²) in [5, 5.41) is 9.16. The molecule has 0 amide bonds. The van der Waals surface area contributed by atoms with Crippen molar-refractivity contribution in [1.82, 2.24) is 0 Å². The highest BCUT2D eigenvalue weighted by molar-refractivity contribution is 9.10. The lowest BCUT2D eigenvalue weighted by molar-refractivity contribution is 0.281. The molecular weight excluding hydrogens is 300 g/mol. The normalized spacial score (nSPS) is 14.6. The number of halogens is 1. The van der Waals surface area contributed by atoms with Crippen LogP contribution in [-0.4, -0.2) is 5.11 Å². The van der Waals surface area contributed by atoms with Crippen LogP contribution in [0.25, 0.3) is 0 Å². The van der Waals surface area contributed by atoms with Crippen LogP contribution in [0.5, 0.6) is 0 Å². The first-order chi connectivity index (χ1) is 9.26. The first-order valence-electron chi connectivity index (χ1n) is 6.73. The monoisotopic (exact) mass is 316 g/mol. The fourth-order valence-electron chi connectivity index (χ4n) is 2.39. The van der Waals surface area contributed by atoms with Crippen LogP contribution in [0.3, 0.4) is 0 Å². The van der Waals surface area contributed by atoms with E-state index in [1.165, 1.54) is 29.5 Å². The summed E-state index contributed by atoms with van der Waals surface area (Å²) in [5.41, 5.74) is 5.03. The third kappa shape index (κ3) is 3.07. The molecule has 0 spiro atoms. The van der Waals surface area contributed by atoms with E-state index in [-0.39, 0.29) is 6.61 Å². The second kappa shape index (κ2) is 5.48. The highest BCUT2D eigenvalue weighted by Gasteiger charge is 2.22. The van der Waals surface area contributed by atoms with E-state index in [1.807, 2.05) is 6.07 Å². The number of rotatable bonds is 4. The van der Waals surface area contributed by atoms with E-state index in [2.05, 4.69) is 52.3 Å². The molecule has 98 valence electrons. The van der Waals surface area contributed by atoms with Crippen molar-refractivity contribution in [3.63, 3.8) is 0 Å². The van der Waals surface area contributed by atoms with E-state index in [1.54, 1.807) is 0 Å². The number of hydrogen-bond acceptors (Lipinski definition) is 1. The van der Waals surface area contributed by atoms with Crippen LogP contribution in [0.4, 0.5) is 0 Å². The van der Waals surface area contributed by atoms with Crippen molar-refractivity contribution < 1.29 is 5.11 Å². The van der Waals surface area contributed by atoms with Crippen LogP contribution >= 0.6 is 15.9 Å². The second-order valence-corrected chi connectivity index (χ2v) is 6.13. The van der Waals surface area contributed by atoms with E-state index < -0.39 is 0 Å². The first-order valence-corrected chi connectivity index (χ1v) is 7.52. The fourth-order valence-corrected chi connectivity index (χ4v) is 2.94. The minimum Gasteiger partial charge on any atom is -0.392 e. The average molecular weight is 317 g/mol. The summed E-state index contributed by atoms with van der Waals surface area (Å²) >= 11 is 3.50. The molecule has 0 radical (unpaired) electrons. The SMILES string of the molecule is OCc1ccc(Cc2ccc(C3CC3)cc2)cc1Br. The maximum absolute atomic E-state index is 9.16. The molecule has 0 saturated heterocycles. The summed E-state index contributed by atoms with van der Waals surface area (Å²) in [7, 11) is 0. The fraction of sp³-hybridized carbons (Fsp3) is 0.294. The van der Waals surface area contributed by atoms with E-state index in [4.69, 9.17) is 5.11 Å². The number of aliphatic hydroxyl groups is 1. The largest absolute Gasteiger partial charge is 0.392 e. The maximum atomic E-state index is 9.16. The molecule has 2 aromatic carbocycles. The van der Waals surface area contributed by atoms with Gasteiger partial charge in [0.2, 0.25) is 0 Å². The molecule has 19 heavy (non-hydrogen) atoms. The smallest absolute Gasteiger partial charge is 0.0692 e. The third-order valence-electron chi connectivity index (χ3n) is 3.72. The molecule has 2 heteroatoms. The van der Waals surface area contributed by atoms with Crippen LogP contribution in [0.1, 0.15) is 41.0 Å². The van der Waals surface area contributed by atoms with E-state index in [9.17, 15) is 0 Å². The van der Waals surface area contributed by atoms with Crippen molar-refractivity contribution >= 4 is 15.9 Å². The Hall–Kier alpha value is -1.12. The zero-order valence-electron chi connectivity index (χ0n) is 10.8. The molecule has 0 unspecified atom stereocenters. The summed E-state index contributed by atoms with van der Waals surface area (Å²) in [6.45, 7) is 0.0803. The lowest BCUT2D eigenvalue weighted by Gasteiger charge is -2.07. The maximum Gasteiger partial charge on any atom is 0.0692 e. The Kier molecular flexibility index (Phi) is 3.72. The Bertz CT molecular complexity index is 570. The number of hydrogen-bond donors (Lipinski definition) is 1. The Morgan fingerprint density at radius 3 is 2.26 bits per heavy atom. The molecule has 0 heterocycles. The van der Waals surface area contributed by atoms with Crippen molar-refractivity contribution in [2.45, 2.75) is 31.8 Å². The zero-order valence-corrected chi connectivity index (χ0v) is 12.4. The second-order valence-electron chi connectivity index (χ2n) is 5.28. The van der Waals surface area contributed by atoms with Crippen molar-refractivity contribution in [2.75, 3.05) is 0 Å². The predicted octanol–water partition coefficient (Wildman–Crippen LogP) is 4.41. The van der Waals surface area contributed by atoms with Crippen molar-refractivity contribution in [3.8, 4) is 0 Å². The summed E-state index contributed by atoms with van der Waals surface area (Å²) in [4.78, 5) is 0. The molecule has 1 aliphatic carbocycles. The van der Waals surface area contributed by atoms with Crippen LogP contribution in [0.15, 0.2) is 46.9 Å². The molecule has 0 aromatic heterocycles. The van der Waals surface area contributed by atoms with Crippen LogP contribution in [0, 0.1) is 0 Å². The van der Waals surface area contributed by atoms with Crippen molar-refractivity contribution in [2.24, 2.45) is 0 Å². The minimum absolute atomic E-state index is 0.0803. The van der Waals surface area contributed by atoms with E-state index in [0.29, 0.717) is 0 Å². The van der Waals surface area contributed by atoms with Gasteiger partial charge in [-0.25, -0.2) is 0 Å². The quantitative estimate of drug-likeness (QED) is 0.885. The van der Waals surface area contributed by atoms with Gasteiger partial charge in [-0.1, -0.05) is 52.3 Å². The molecule has 1 aliphatic rings. The summed E-state index contributed by atoms with van der Waals surface area (Å²) in [6.07, 6.45) is 3.65. The molecular formula is C17H17BrO. The van der Waals surface area contributed by atoms with Gasteiger partial charge in [0.15, 0.2) is 0 Å². The summed E-state index contributed by atoms with van der Waals surface area (Å²) in [6, 6.07) is 15.2. The molecule has 1 fully saturated rings. The Morgan fingerprint density at radius 2 is 1.68 bits per heavy atom. The third-order valence-corrected chi connectivity index (χ3v) is 4.46. The lowest BCUT2D eigenvalue weighted by atomic mass is 10.0. The van der Waals surface area contributed by atoms with Gasteiger partial charge in [-0.2, -0.15) is 0 Å².